The van der Waals surface area contributed by atoms with Crippen LogP contribution in [0.2, 0.25) is 0 Å². The van der Waals surface area contributed by atoms with Crippen LogP contribution in [0, 0.1) is 5.92 Å². The lowest BCUT2D eigenvalue weighted by molar-refractivity contribution is 0.0927. The normalized spacial score (nSPS) is 12.4. The van der Waals surface area contributed by atoms with Crippen LogP contribution in [0.25, 0.3) is 0 Å². The molecule has 0 bridgehead atoms. The molecule has 0 aromatic carbocycles. The topological polar surface area (TPSA) is 46.2 Å². The molecule has 1 atom stereocenters. The molecule has 1 amide bonds. The predicted octanol–water partition coefficient (Wildman–Crippen LogP) is 4.14. The molecule has 2 rings (SSSR count). The van der Waals surface area contributed by atoms with E-state index in [1.54, 1.807) is 22.8 Å². The van der Waals surface area contributed by atoms with Gasteiger partial charge in [0.25, 0.3) is 5.91 Å². The quantitative estimate of drug-likeness (QED) is 0.844. The Morgan fingerprint density at radius 2 is 2.00 bits per heavy atom. The van der Waals surface area contributed by atoms with Gasteiger partial charge in [-0.3, -0.25) is 9.59 Å². The fourth-order valence-electron chi connectivity index (χ4n) is 1.90. The van der Waals surface area contributed by atoms with Crippen LogP contribution in [0.5, 0.6) is 0 Å². The van der Waals surface area contributed by atoms with Crippen LogP contribution < -0.4 is 5.32 Å². The molecule has 0 aliphatic heterocycles. The number of carbonyl (C=O) groups excluding carboxylic acids is 2. The molecule has 2 aromatic rings. The number of amides is 1. The van der Waals surface area contributed by atoms with Crippen LogP contribution in [-0.2, 0) is 0 Å². The van der Waals surface area contributed by atoms with Crippen molar-refractivity contribution in [1.29, 1.82) is 0 Å². The summed E-state index contributed by atoms with van der Waals surface area (Å²) in [6, 6.07) is 5.68. The van der Waals surface area contributed by atoms with E-state index in [9.17, 15) is 9.59 Å². The highest BCUT2D eigenvalue weighted by atomic mass is 32.1. The maximum absolute atomic E-state index is 12.3. The third-order valence-corrected chi connectivity index (χ3v) is 5.00. The average Bonchev–Trinajstić information content (AvgIpc) is 3.05. The molecule has 0 saturated carbocycles. The van der Waals surface area contributed by atoms with Crippen LogP contribution in [0.4, 0.5) is 0 Å². The molecule has 0 aliphatic rings. The maximum Gasteiger partial charge on any atom is 0.252 e. The molecule has 3 nitrogen and oxygen atoms in total. The number of hydrogen-bond acceptors (Lipinski definition) is 4. The first-order valence-electron chi connectivity index (χ1n) is 6.42. The van der Waals surface area contributed by atoms with Gasteiger partial charge in [-0.1, -0.05) is 19.9 Å². The van der Waals surface area contributed by atoms with E-state index in [0.717, 1.165) is 4.88 Å². The molecular weight excluding hydrogens is 290 g/mol. The highest BCUT2D eigenvalue weighted by molar-refractivity contribution is 7.12. The molecule has 0 radical (unpaired) electrons. The Kier molecular flexibility index (Phi) is 4.73. The van der Waals surface area contributed by atoms with Gasteiger partial charge in [0.05, 0.1) is 16.5 Å². The summed E-state index contributed by atoms with van der Waals surface area (Å²) >= 11 is 2.95. The van der Waals surface area contributed by atoms with Crippen molar-refractivity contribution >= 4 is 34.4 Å². The standard InChI is InChI=1S/C15H17NO2S2/c1-9(2)14(12-5-4-6-19-12)16-15(18)11-7-13(10(3)17)20-8-11/h4-9,14H,1-3H3,(H,16,18). The van der Waals surface area contributed by atoms with Crippen LogP contribution in [0.15, 0.2) is 29.0 Å². The third-order valence-electron chi connectivity index (χ3n) is 3.01. The van der Waals surface area contributed by atoms with Crippen molar-refractivity contribution in [2.75, 3.05) is 0 Å². The molecule has 0 spiro atoms. The first kappa shape index (κ1) is 14.9. The Balaban J connectivity index is 2.14. The van der Waals surface area contributed by atoms with Crippen molar-refractivity contribution in [3.63, 3.8) is 0 Å². The summed E-state index contributed by atoms with van der Waals surface area (Å²) < 4.78 is 0. The van der Waals surface area contributed by atoms with E-state index in [0.29, 0.717) is 16.4 Å². The number of ketones is 1. The lowest BCUT2D eigenvalue weighted by atomic mass is 10.0. The zero-order valence-electron chi connectivity index (χ0n) is 11.7. The van der Waals surface area contributed by atoms with Crippen molar-refractivity contribution in [3.8, 4) is 0 Å². The van der Waals surface area contributed by atoms with Crippen molar-refractivity contribution in [1.82, 2.24) is 5.32 Å². The monoisotopic (exact) mass is 307 g/mol. The first-order valence-corrected chi connectivity index (χ1v) is 8.18. The van der Waals surface area contributed by atoms with Gasteiger partial charge in [0.2, 0.25) is 0 Å². The molecule has 20 heavy (non-hydrogen) atoms. The summed E-state index contributed by atoms with van der Waals surface area (Å²) in [6.45, 7) is 5.68. The van der Waals surface area contributed by atoms with Gasteiger partial charge in [0, 0.05) is 10.3 Å². The number of rotatable bonds is 5. The smallest absolute Gasteiger partial charge is 0.252 e. The Morgan fingerprint density at radius 3 is 2.50 bits per heavy atom. The van der Waals surface area contributed by atoms with Gasteiger partial charge >= 0.3 is 0 Å². The maximum atomic E-state index is 12.3. The summed E-state index contributed by atoms with van der Waals surface area (Å²) in [6.07, 6.45) is 0. The fourth-order valence-corrected chi connectivity index (χ4v) is 3.64. The summed E-state index contributed by atoms with van der Waals surface area (Å²) in [7, 11) is 0. The van der Waals surface area contributed by atoms with Crippen molar-refractivity contribution in [3.05, 3.63) is 44.3 Å². The van der Waals surface area contributed by atoms with E-state index >= 15 is 0 Å². The Morgan fingerprint density at radius 1 is 1.25 bits per heavy atom. The van der Waals surface area contributed by atoms with Crippen LogP contribution in [-0.4, -0.2) is 11.7 Å². The van der Waals surface area contributed by atoms with Crippen LogP contribution in [0.3, 0.4) is 0 Å². The number of Topliss-reactive ketones (excluding diaryl/α,β-unsaturated/α-hetero) is 1. The Labute approximate surface area is 126 Å². The zero-order chi connectivity index (χ0) is 14.7. The summed E-state index contributed by atoms with van der Waals surface area (Å²) in [5.41, 5.74) is 0.558. The van der Waals surface area contributed by atoms with Crippen LogP contribution in [0.1, 0.15) is 51.7 Å². The van der Waals surface area contributed by atoms with Crippen molar-refractivity contribution in [2.24, 2.45) is 5.92 Å². The summed E-state index contributed by atoms with van der Waals surface area (Å²) in [5.74, 6) is 0.178. The highest BCUT2D eigenvalue weighted by Crippen LogP contribution is 2.26. The second-order valence-electron chi connectivity index (χ2n) is 4.97. The largest absolute Gasteiger partial charge is 0.344 e. The van der Waals surface area contributed by atoms with Crippen LogP contribution >= 0.6 is 22.7 Å². The fraction of sp³-hybridized carbons (Fsp3) is 0.333. The van der Waals surface area contributed by atoms with Crippen molar-refractivity contribution in [2.45, 2.75) is 26.8 Å². The van der Waals surface area contributed by atoms with Crippen molar-refractivity contribution < 1.29 is 9.59 Å². The molecule has 0 saturated heterocycles. The van der Waals surface area contributed by atoms with Gasteiger partial charge in [0.15, 0.2) is 5.78 Å². The minimum atomic E-state index is -0.124. The molecule has 0 fully saturated rings. The molecule has 0 aliphatic carbocycles. The predicted molar refractivity (Wildman–Crippen MR) is 83.7 cm³/mol. The van der Waals surface area contributed by atoms with Gasteiger partial charge in [0.1, 0.15) is 0 Å². The Bertz CT molecular complexity index is 599. The number of nitrogens with one attached hydrogen (secondary N) is 1. The molecule has 1 N–H and O–H groups in total. The molecule has 106 valence electrons. The Hall–Kier alpha value is -1.46. The van der Waals surface area contributed by atoms with E-state index in [2.05, 4.69) is 19.2 Å². The number of thiophene rings is 2. The first-order chi connectivity index (χ1) is 9.49. The van der Waals surface area contributed by atoms with Gasteiger partial charge in [-0.05, 0) is 30.4 Å². The summed E-state index contributed by atoms with van der Waals surface area (Å²) in [4.78, 5) is 25.3. The lowest BCUT2D eigenvalue weighted by Crippen LogP contribution is -2.30. The average molecular weight is 307 g/mol. The lowest BCUT2D eigenvalue weighted by Gasteiger charge is -2.20. The number of carbonyl (C=O) groups is 2. The van der Waals surface area contributed by atoms with E-state index in [-0.39, 0.29) is 17.7 Å². The van der Waals surface area contributed by atoms with Gasteiger partial charge in [-0.25, -0.2) is 0 Å². The SMILES string of the molecule is CC(=O)c1cc(C(=O)NC(c2cccs2)C(C)C)cs1. The zero-order valence-corrected chi connectivity index (χ0v) is 13.3. The van der Waals surface area contributed by atoms with E-state index in [1.807, 2.05) is 17.5 Å². The second-order valence-corrected chi connectivity index (χ2v) is 6.86. The van der Waals surface area contributed by atoms with E-state index in [1.165, 1.54) is 18.3 Å². The molecular formula is C15H17NO2S2. The minimum absolute atomic E-state index is 0.00294. The summed E-state index contributed by atoms with van der Waals surface area (Å²) in [5, 5.41) is 6.80. The minimum Gasteiger partial charge on any atom is -0.344 e. The van der Waals surface area contributed by atoms with E-state index in [4.69, 9.17) is 0 Å². The molecule has 2 heterocycles. The highest BCUT2D eigenvalue weighted by Gasteiger charge is 2.20. The van der Waals surface area contributed by atoms with E-state index < -0.39 is 0 Å². The van der Waals surface area contributed by atoms with Gasteiger partial charge in [-0.2, -0.15) is 0 Å². The third kappa shape index (κ3) is 3.35. The van der Waals surface area contributed by atoms with Gasteiger partial charge < -0.3 is 5.32 Å². The molecule has 2 aromatic heterocycles. The second kappa shape index (κ2) is 6.33. The number of hydrogen-bond donors (Lipinski definition) is 1. The molecule has 1 unspecified atom stereocenters. The molecule has 5 heteroatoms. The van der Waals surface area contributed by atoms with Gasteiger partial charge in [-0.15, -0.1) is 22.7 Å².